The van der Waals surface area contributed by atoms with Crippen molar-refractivity contribution in [1.29, 1.82) is 0 Å². The number of hydrogen-bond donors (Lipinski definition) is 0. The van der Waals surface area contributed by atoms with Gasteiger partial charge in [-0.2, -0.15) is 21.6 Å². The fraction of sp³-hybridized carbons (Fsp3) is 0.545. The number of amides is 1. The number of aromatic nitrogens is 2. The number of benzene rings is 1. The zero-order chi connectivity index (χ0) is 27.9. The Kier molecular flexibility index (Phi) is 7.50. The maximum absolute atomic E-state index is 12.8. The molecule has 1 amide bonds. The molecule has 1 aromatic carbocycles. The summed E-state index contributed by atoms with van der Waals surface area (Å²) in [6.07, 6.45) is 0.180. The summed E-state index contributed by atoms with van der Waals surface area (Å²) in [5.41, 5.74) is -6.18. The summed E-state index contributed by atoms with van der Waals surface area (Å²) >= 11 is 0. The fourth-order valence-electron chi connectivity index (χ4n) is 3.99. The third-order valence-electron chi connectivity index (χ3n) is 5.40. The summed E-state index contributed by atoms with van der Waals surface area (Å²) in [6.45, 7) is 9.39. The molecule has 1 aliphatic rings. The number of alkyl halides is 3. The topological polar surface area (TPSA) is 128 Å². The van der Waals surface area contributed by atoms with Gasteiger partial charge in [-0.25, -0.2) is 19.6 Å². The van der Waals surface area contributed by atoms with Crippen molar-refractivity contribution in [2.45, 2.75) is 57.8 Å². The van der Waals surface area contributed by atoms with Crippen LogP contribution in [0, 0.1) is 0 Å². The predicted molar refractivity (Wildman–Crippen MR) is 126 cm³/mol. The molecule has 0 spiro atoms. The van der Waals surface area contributed by atoms with Crippen molar-refractivity contribution in [3.05, 3.63) is 23.9 Å². The number of carbonyl (C=O) groups is 2. The maximum Gasteiger partial charge on any atom is 0.534 e. The Morgan fingerprint density at radius 2 is 1.65 bits per heavy atom. The minimum absolute atomic E-state index is 0.0315. The second kappa shape index (κ2) is 9.84. The van der Waals surface area contributed by atoms with Gasteiger partial charge in [0.25, 0.3) is 5.88 Å². The smallest absolute Gasteiger partial charge is 0.465 e. The van der Waals surface area contributed by atoms with Crippen LogP contribution in [-0.2, 0) is 19.6 Å². The lowest BCUT2D eigenvalue weighted by atomic mass is 10.1. The molecule has 0 radical (unpaired) electrons. The largest absolute Gasteiger partial charge is 0.534 e. The van der Waals surface area contributed by atoms with Crippen molar-refractivity contribution in [3.63, 3.8) is 0 Å². The number of anilines is 1. The second-order valence-corrected chi connectivity index (χ2v) is 11.0. The van der Waals surface area contributed by atoms with Gasteiger partial charge in [-0.15, -0.1) is 0 Å². The van der Waals surface area contributed by atoms with Crippen LogP contribution in [0.1, 0.15) is 45.0 Å². The van der Waals surface area contributed by atoms with Crippen molar-refractivity contribution in [1.82, 2.24) is 14.9 Å². The molecule has 0 aliphatic carbocycles. The van der Waals surface area contributed by atoms with Gasteiger partial charge in [0.15, 0.2) is 0 Å². The molecule has 1 aromatic heterocycles. The maximum atomic E-state index is 12.8. The van der Waals surface area contributed by atoms with Crippen molar-refractivity contribution in [3.8, 4) is 5.88 Å². The number of fused-ring (bicyclic) bond motifs is 1. The molecule has 2 aromatic rings. The standard InChI is InChI=1S/C22H27F3N4O7S/c1-12-10-28(11-13(2)29(12)20(31)35-21(3,4)5)15-8-7-14(19(30)34-6)17-18(15)27-16(9-26-17)36-37(32,33)22(23,24)25/h7-9,12-13H,10-11H2,1-6H3/t12-,13+. The average Bonchev–Trinajstić information content (AvgIpc) is 2.74. The van der Waals surface area contributed by atoms with E-state index >= 15 is 0 Å². The molecule has 2 heterocycles. The Hall–Kier alpha value is -3.36. The van der Waals surface area contributed by atoms with Crippen LogP contribution in [0.2, 0.25) is 0 Å². The average molecular weight is 549 g/mol. The molecule has 3 rings (SSSR count). The molecule has 1 aliphatic heterocycles. The highest BCUT2D eigenvalue weighted by atomic mass is 32.2. The normalized spacial score (nSPS) is 19.1. The first kappa shape index (κ1) is 28.2. The van der Waals surface area contributed by atoms with Gasteiger partial charge >= 0.3 is 27.7 Å². The summed E-state index contributed by atoms with van der Waals surface area (Å²) in [6, 6.07) is 2.20. The second-order valence-electron chi connectivity index (χ2n) is 9.50. The van der Waals surface area contributed by atoms with Gasteiger partial charge in [0.2, 0.25) is 0 Å². The monoisotopic (exact) mass is 548 g/mol. The summed E-state index contributed by atoms with van der Waals surface area (Å²) < 4.78 is 75.9. The molecule has 11 nitrogen and oxygen atoms in total. The first-order valence-electron chi connectivity index (χ1n) is 11.1. The van der Waals surface area contributed by atoms with E-state index in [4.69, 9.17) is 9.47 Å². The Labute approximate surface area is 211 Å². The summed E-state index contributed by atoms with van der Waals surface area (Å²) in [7, 11) is -4.86. The van der Waals surface area contributed by atoms with Crippen molar-refractivity contribution in [2.75, 3.05) is 25.1 Å². The van der Waals surface area contributed by atoms with E-state index in [0.29, 0.717) is 11.9 Å². The number of carbonyl (C=O) groups excluding carboxylic acids is 2. The van der Waals surface area contributed by atoms with E-state index in [2.05, 4.69) is 14.2 Å². The number of esters is 1. The van der Waals surface area contributed by atoms with E-state index in [1.807, 2.05) is 0 Å². The van der Waals surface area contributed by atoms with Crippen LogP contribution < -0.4 is 9.08 Å². The van der Waals surface area contributed by atoms with Gasteiger partial charge in [0.1, 0.15) is 16.6 Å². The van der Waals surface area contributed by atoms with Gasteiger partial charge in [-0.05, 0) is 46.8 Å². The van der Waals surface area contributed by atoms with Crippen molar-refractivity contribution >= 4 is 38.9 Å². The minimum Gasteiger partial charge on any atom is -0.465 e. The van der Waals surface area contributed by atoms with Crippen LogP contribution in [-0.4, -0.2) is 78.7 Å². The number of nitrogens with zero attached hydrogens (tertiary/aromatic N) is 4. The highest BCUT2D eigenvalue weighted by Gasteiger charge is 2.49. The predicted octanol–water partition coefficient (Wildman–Crippen LogP) is 3.48. The van der Waals surface area contributed by atoms with Crippen LogP contribution in [0.5, 0.6) is 5.88 Å². The SMILES string of the molecule is COC(=O)c1ccc(N2C[C@@H](C)N(C(=O)OC(C)(C)C)[C@@H](C)C2)c2nc(OS(=O)(=O)C(F)(F)F)cnc12. The fourth-order valence-corrected chi connectivity index (χ4v) is 4.39. The van der Waals surface area contributed by atoms with Crippen LogP contribution in [0.3, 0.4) is 0 Å². The van der Waals surface area contributed by atoms with Crippen LogP contribution in [0.4, 0.5) is 23.7 Å². The quantitative estimate of drug-likeness (QED) is 0.318. The van der Waals surface area contributed by atoms with Gasteiger partial charge in [0.05, 0.1) is 36.6 Å². The Morgan fingerprint density at radius 3 is 2.16 bits per heavy atom. The number of halogens is 3. The summed E-state index contributed by atoms with van der Waals surface area (Å²) in [5.74, 6) is -1.71. The first-order chi connectivity index (χ1) is 16.9. The van der Waals surface area contributed by atoms with Crippen molar-refractivity contribution < 1.29 is 44.8 Å². The Balaban J connectivity index is 2.05. The van der Waals surface area contributed by atoms with E-state index in [-0.39, 0.29) is 41.8 Å². The summed E-state index contributed by atoms with van der Waals surface area (Å²) in [5, 5.41) is 0. The van der Waals surface area contributed by atoms with E-state index in [1.165, 1.54) is 12.1 Å². The Morgan fingerprint density at radius 1 is 1.05 bits per heavy atom. The lowest BCUT2D eigenvalue weighted by Crippen LogP contribution is -2.59. The van der Waals surface area contributed by atoms with Gasteiger partial charge in [0, 0.05) is 13.1 Å². The molecule has 15 heteroatoms. The van der Waals surface area contributed by atoms with Crippen LogP contribution in [0.15, 0.2) is 18.3 Å². The highest BCUT2D eigenvalue weighted by Crippen LogP contribution is 2.33. The van der Waals surface area contributed by atoms with Crippen molar-refractivity contribution in [2.24, 2.45) is 0 Å². The third kappa shape index (κ3) is 5.97. The highest BCUT2D eigenvalue weighted by molar-refractivity contribution is 7.87. The van der Waals surface area contributed by atoms with E-state index in [1.54, 1.807) is 44.4 Å². The minimum atomic E-state index is -6.00. The number of hydrogen-bond acceptors (Lipinski definition) is 10. The van der Waals surface area contributed by atoms with E-state index < -0.39 is 39.2 Å². The number of piperazine rings is 1. The zero-order valence-electron chi connectivity index (χ0n) is 21.0. The molecule has 1 fully saturated rings. The van der Waals surface area contributed by atoms with Gasteiger partial charge < -0.3 is 18.6 Å². The lowest BCUT2D eigenvalue weighted by molar-refractivity contribution is -0.0501. The van der Waals surface area contributed by atoms with Gasteiger partial charge in [-0.1, -0.05) is 0 Å². The molecule has 1 saturated heterocycles. The van der Waals surface area contributed by atoms with Crippen LogP contribution >= 0.6 is 0 Å². The van der Waals surface area contributed by atoms with Crippen LogP contribution in [0.25, 0.3) is 11.0 Å². The molecule has 204 valence electrons. The molecule has 0 unspecified atom stereocenters. The summed E-state index contributed by atoms with van der Waals surface area (Å²) in [4.78, 5) is 36.3. The number of rotatable bonds is 4. The Bertz CT molecular complexity index is 1300. The number of methoxy groups -OCH3 is 1. The molecular formula is C22H27F3N4O7S. The van der Waals surface area contributed by atoms with E-state index in [0.717, 1.165) is 7.11 Å². The molecule has 0 saturated carbocycles. The molecular weight excluding hydrogens is 521 g/mol. The third-order valence-corrected chi connectivity index (χ3v) is 6.36. The number of ether oxygens (including phenoxy) is 2. The van der Waals surface area contributed by atoms with Gasteiger partial charge in [-0.3, -0.25) is 4.90 Å². The molecule has 0 N–H and O–H groups in total. The first-order valence-corrected chi connectivity index (χ1v) is 12.5. The lowest BCUT2D eigenvalue weighted by Gasteiger charge is -2.45. The molecule has 2 atom stereocenters. The molecule has 37 heavy (non-hydrogen) atoms. The molecule has 0 bridgehead atoms. The zero-order valence-corrected chi connectivity index (χ0v) is 21.8. The van der Waals surface area contributed by atoms with E-state index in [9.17, 15) is 31.2 Å².